The Hall–Kier alpha value is -0.900. The van der Waals surface area contributed by atoms with Gasteiger partial charge in [-0.15, -0.1) is 11.8 Å². The summed E-state index contributed by atoms with van der Waals surface area (Å²) in [4.78, 5) is 5.18. The van der Waals surface area contributed by atoms with Crippen molar-refractivity contribution in [1.82, 2.24) is 4.98 Å². The number of thioether (sulfide) groups is 1. The Morgan fingerprint density at radius 1 is 1.22 bits per heavy atom. The fourth-order valence-corrected chi connectivity index (χ4v) is 2.77. The summed E-state index contributed by atoms with van der Waals surface area (Å²) in [6, 6.07) is 9.56. The third-order valence-corrected chi connectivity index (χ3v) is 3.97. The maximum atomic E-state index is 6.09. The number of aromatic nitrogens is 1. The van der Waals surface area contributed by atoms with Crippen molar-refractivity contribution in [3.8, 4) is 5.75 Å². The largest absolute Gasteiger partial charge is 0.497 e. The third kappa shape index (κ3) is 3.55. The molecule has 0 aliphatic carbocycles. The van der Waals surface area contributed by atoms with Gasteiger partial charge in [-0.1, -0.05) is 23.2 Å². The van der Waals surface area contributed by atoms with Crippen molar-refractivity contribution in [1.29, 1.82) is 0 Å². The van der Waals surface area contributed by atoms with E-state index in [1.54, 1.807) is 31.1 Å². The van der Waals surface area contributed by atoms with Crippen LogP contribution in [0.4, 0.5) is 0 Å². The maximum Gasteiger partial charge on any atom is 0.130 e. The first kappa shape index (κ1) is 13.5. The monoisotopic (exact) mass is 299 g/mol. The second-order valence-electron chi connectivity index (χ2n) is 3.56. The van der Waals surface area contributed by atoms with Crippen LogP contribution in [0.25, 0.3) is 0 Å². The molecule has 0 bridgehead atoms. The van der Waals surface area contributed by atoms with Gasteiger partial charge in [0.25, 0.3) is 0 Å². The molecule has 0 spiro atoms. The molecule has 1 heterocycles. The number of methoxy groups -OCH3 is 1. The van der Waals surface area contributed by atoms with Crippen LogP contribution in [0.15, 0.2) is 41.4 Å². The normalized spacial score (nSPS) is 10.4. The molecule has 0 atom stereocenters. The molecule has 2 nitrogen and oxygen atoms in total. The minimum Gasteiger partial charge on any atom is -0.497 e. The van der Waals surface area contributed by atoms with E-state index in [2.05, 4.69) is 4.98 Å². The Kier molecular flexibility index (Phi) is 4.75. The SMILES string of the molecule is COc1ccc(SCc2cnc(Cl)cc2Cl)cc1. The van der Waals surface area contributed by atoms with E-state index in [0.29, 0.717) is 10.2 Å². The van der Waals surface area contributed by atoms with Crippen molar-refractivity contribution in [3.63, 3.8) is 0 Å². The van der Waals surface area contributed by atoms with Crippen molar-refractivity contribution >= 4 is 35.0 Å². The first-order valence-electron chi connectivity index (χ1n) is 5.26. The highest BCUT2D eigenvalue weighted by atomic mass is 35.5. The summed E-state index contributed by atoms with van der Waals surface area (Å²) in [7, 11) is 1.65. The highest BCUT2D eigenvalue weighted by Gasteiger charge is 2.03. The van der Waals surface area contributed by atoms with Gasteiger partial charge in [-0.3, -0.25) is 0 Å². The molecular weight excluding hydrogens is 289 g/mol. The van der Waals surface area contributed by atoms with Crippen LogP contribution in [0.3, 0.4) is 0 Å². The molecule has 0 saturated heterocycles. The van der Waals surface area contributed by atoms with Crippen molar-refractivity contribution in [2.24, 2.45) is 0 Å². The van der Waals surface area contributed by atoms with Crippen LogP contribution in [-0.2, 0) is 5.75 Å². The van der Waals surface area contributed by atoms with E-state index in [4.69, 9.17) is 27.9 Å². The standard InChI is InChI=1S/C13H11Cl2NOS/c1-17-10-2-4-11(5-3-10)18-8-9-7-16-13(15)6-12(9)14/h2-7H,8H2,1H3. The van der Waals surface area contributed by atoms with E-state index in [1.807, 2.05) is 24.3 Å². The van der Waals surface area contributed by atoms with Gasteiger partial charge in [-0.05, 0) is 35.9 Å². The molecule has 0 saturated carbocycles. The van der Waals surface area contributed by atoms with Gasteiger partial charge in [-0.2, -0.15) is 0 Å². The molecule has 1 aromatic carbocycles. The van der Waals surface area contributed by atoms with Crippen LogP contribution < -0.4 is 4.74 Å². The summed E-state index contributed by atoms with van der Waals surface area (Å²) in [5, 5.41) is 1.06. The van der Waals surface area contributed by atoms with Crippen LogP contribution in [0.2, 0.25) is 10.2 Å². The van der Waals surface area contributed by atoms with Gasteiger partial charge in [0.15, 0.2) is 0 Å². The molecule has 2 aromatic rings. The lowest BCUT2D eigenvalue weighted by atomic mass is 10.3. The Balaban J connectivity index is 2.02. The molecule has 18 heavy (non-hydrogen) atoms. The number of hydrogen-bond acceptors (Lipinski definition) is 3. The molecular formula is C13H11Cl2NOS. The second-order valence-corrected chi connectivity index (χ2v) is 5.41. The van der Waals surface area contributed by atoms with Crippen molar-refractivity contribution in [2.45, 2.75) is 10.6 Å². The van der Waals surface area contributed by atoms with Crippen LogP contribution in [0.5, 0.6) is 5.75 Å². The zero-order valence-electron chi connectivity index (χ0n) is 9.69. The number of halogens is 2. The number of rotatable bonds is 4. The van der Waals surface area contributed by atoms with Crippen LogP contribution in [0.1, 0.15) is 5.56 Å². The third-order valence-electron chi connectivity index (χ3n) is 2.35. The summed E-state index contributed by atoms with van der Waals surface area (Å²) >= 11 is 13.5. The average Bonchev–Trinajstić information content (AvgIpc) is 2.38. The van der Waals surface area contributed by atoms with E-state index < -0.39 is 0 Å². The van der Waals surface area contributed by atoms with E-state index in [0.717, 1.165) is 22.0 Å². The van der Waals surface area contributed by atoms with Crippen LogP contribution in [0, 0.1) is 0 Å². The quantitative estimate of drug-likeness (QED) is 0.604. The Labute approximate surface area is 120 Å². The predicted molar refractivity (Wildman–Crippen MR) is 76.8 cm³/mol. The summed E-state index contributed by atoms with van der Waals surface area (Å²) in [5.41, 5.74) is 0.974. The first-order chi connectivity index (χ1) is 8.69. The second kappa shape index (κ2) is 6.32. The van der Waals surface area contributed by atoms with Crippen molar-refractivity contribution in [3.05, 3.63) is 52.3 Å². The van der Waals surface area contributed by atoms with Gasteiger partial charge in [0.2, 0.25) is 0 Å². The average molecular weight is 300 g/mol. The first-order valence-corrected chi connectivity index (χ1v) is 7.00. The van der Waals surface area contributed by atoms with Gasteiger partial charge < -0.3 is 4.74 Å². The van der Waals surface area contributed by atoms with E-state index in [1.165, 1.54) is 0 Å². The molecule has 0 amide bonds. The predicted octanol–water partition coefficient (Wildman–Crippen LogP) is 4.69. The van der Waals surface area contributed by atoms with Crippen molar-refractivity contribution < 1.29 is 4.74 Å². The minimum atomic E-state index is 0.415. The Morgan fingerprint density at radius 3 is 2.56 bits per heavy atom. The Bertz CT molecular complexity index is 531. The molecule has 1 aromatic heterocycles. The lowest BCUT2D eigenvalue weighted by molar-refractivity contribution is 0.414. The zero-order chi connectivity index (χ0) is 13.0. The molecule has 94 valence electrons. The molecule has 0 N–H and O–H groups in total. The lowest BCUT2D eigenvalue weighted by Gasteiger charge is -2.05. The maximum absolute atomic E-state index is 6.09. The molecule has 5 heteroatoms. The van der Waals surface area contributed by atoms with Gasteiger partial charge in [0, 0.05) is 21.9 Å². The molecule has 0 aliphatic heterocycles. The summed E-state index contributed by atoms with van der Waals surface area (Å²) in [6.07, 6.45) is 1.71. The fraction of sp³-hybridized carbons (Fsp3) is 0.154. The number of hydrogen-bond donors (Lipinski definition) is 0. The molecule has 0 aliphatic rings. The number of ether oxygens (including phenoxy) is 1. The zero-order valence-corrected chi connectivity index (χ0v) is 12.0. The number of pyridine rings is 1. The van der Waals surface area contributed by atoms with E-state index >= 15 is 0 Å². The van der Waals surface area contributed by atoms with E-state index in [-0.39, 0.29) is 0 Å². The summed E-state index contributed by atoms with van der Waals surface area (Å²) in [6.45, 7) is 0. The van der Waals surface area contributed by atoms with Gasteiger partial charge in [-0.25, -0.2) is 4.98 Å². The minimum absolute atomic E-state index is 0.415. The highest BCUT2D eigenvalue weighted by molar-refractivity contribution is 7.98. The lowest BCUT2D eigenvalue weighted by Crippen LogP contribution is -1.86. The molecule has 0 unspecified atom stereocenters. The summed E-state index contributed by atoms with van der Waals surface area (Å²) < 4.78 is 5.11. The van der Waals surface area contributed by atoms with Crippen LogP contribution >= 0.6 is 35.0 Å². The van der Waals surface area contributed by atoms with Gasteiger partial charge >= 0.3 is 0 Å². The highest BCUT2D eigenvalue weighted by Crippen LogP contribution is 2.28. The summed E-state index contributed by atoms with van der Waals surface area (Å²) in [5.74, 6) is 1.61. The Morgan fingerprint density at radius 2 is 1.94 bits per heavy atom. The van der Waals surface area contributed by atoms with E-state index in [9.17, 15) is 0 Å². The molecule has 0 radical (unpaired) electrons. The number of nitrogens with zero attached hydrogens (tertiary/aromatic N) is 1. The topological polar surface area (TPSA) is 22.1 Å². The van der Waals surface area contributed by atoms with Crippen LogP contribution in [-0.4, -0.2) is 12.1 Å². The van der Waals surface area contributed by atoms with Gasteiger partial charge in [0.1, 0.15) is 10.9 Å². The smallest absolute Gasteiger partial charge is 0.130 e. The van der Waals surface area contributed by atoms with Gasteiger partial charge in [0.05, 0.1) is 7.11 Å². The fourth-order valence-electron chi connectivity index (χ4n) is 1.38. The van der Waals surface area contributed by atoms with Crippen molar-refractivity contribution in [2.75, 3.05) is 7.11 Å². The number of benzene rings is 1. The molecule has 2 rings (SSSR count). The molecule has 0 fully saturated rings.